The van der Waals surface area contributed by atoms with Gasteiger partial charge in [-0.3, -0.25) is 4.79 Å². The first-order chi connectivity index (χ1) is 7.54. The van der Waals surface area contributed by atoms with E-state index in [1.165, 1.54) is 12.5 Å². The van der Waals surface area contributed by atoms with Crippen molar-refractivity contribution in [1.82, 2.24) is 0 Å². The first-order valence-corrected chi connectivity index (χ1v) is 5.27. The number of carbonyl (C=O) groups is 1. The van der Waals surface area contributed by atoms with Crippen LogP contribution >= 0.6 is 11.6 Å². The number of hydrogen-bond donors (Lipinski definition) is 1. The van der Waals surface area contributed by atoms with Crippen molar-refractivity contribution in [3.63, 3.8) is 0 Å². The fourth-order valence-corrected chi connectivity index (χ4v) is 1.23. The number of halogens is 1. The largest absolute Gasteiger partial charge is 0.488 e. The van der Waals surface area contributed by atoms with Crippen LogP contribution in [0, 0.1) is 0 Å². The maximum atomic E-state index is 11.4. The molecule has 0 aromatic heterocycles. The van der Waals surface area contributed by atoms with E-state index >= 15 is 0 Å². The Morgan fingerprint density at radius 3 is 2.75 bits per heavy atom. The normalized spacial score (nSPS) is 11.3. The van der Waals surface area contributed by atoms with Crippen LogP contribution in [0.25, 0.3) is 0 Å². The van der Waals surface area contributed by atoms with Crippen molar-refractivity contribution in [3.05, 3.63) is 34.9 Å². The van der Waals surface area contributed by atoms with Crippen molar-refractivity contribution >= 4 is 23.1 Å². The molecule has 0 aliphatic carbocycles. The second kappa shape index (κ2) is 5.56. The molecule has 0 heterocycles. The molecule has 0 saturated heterocycles. The van der Waals surface area contributed by atoms with Gasteiger partial charge in [-0.1, -0.05) is 11.6 Å². The number of Topliss-reactive ketones (excluding diaryl/α,β-unsaturated/α-hetero) is 1. The molecule has 0 radical (unpaired) electrons. The Morgan fingerprint density at radius 2 is 2.19 bits per heavy atom. The predicted octanol–water partition coefficient (Wildman–Crippen LogP) is 2.99. The van der Waals surface area contributed by atoms with Gasteiger partial charge in [-0.2, -0.15) is 0 Å². The lowest BCUT2D eigenvalue weighted by Crippen LogP contribution is -2.04. The van der Waals surface area contributed by atoms with Crippen molar-refractivity contribution < 1.29 is 9.53 Å². The zero-order chi connectivity index (χ0) is 12.1. The van der Waals surface area contributed by atoms with Gasteiger partial charge >= 0.3 is 0 Å². The van der Waals surface area contributed by atoms with Crippen LogP contribution in [0.5, 0.6) is 5.75 Å². The highest BCUT2D eigenvalue weighted by Gasteiger charge is 2.08. The summed E-state index contributed by atoms with van der Waals surface area (Å²) in [7, 11) is 0. The molecular formula is C12H14ClNO2. The van der Waals surface area contributed by atoms with Crippen molar-refractivity contribution in [3.8, 4) is 5.75 Å². The molecule has 0 unspecified atom stereocenters. The third-order valence-corrected chi connectivity index (χ3v) is 2.40. The average Bonchev–Trinajstić information content (AvgIpc) is 2.26. The molecule has 0 fully saturated rings. The average molecular weight is 240 g/mol. The topological polar surface area (TPSA) is 52.3 Å². The Labute approximate surface area is 99.8 Å². The Hall–Kier alpha value is -1.48. The summed E-state index contributed by atoms with van der Waals surface area (Å²) in [5, 5.41) is 0. The van der Waals surface area contributed by atoms with Crippen LogP contribution in [0.4, 0.5) is 5.69 Å². The third kappa shape index (κ3) is 3.28. The van der Waals surface area contributed by atoms with E-state index in [2.05, 4.69) is 0 Å². The molecule has 1 rings (SSSR count). The van der Waals surface area contributed by atoms with Crippen LogP contribution in [-0.2, 0) is 0 Å². The number of anilines is 1. The number of benzene rings is 1. The van der Waals surface area contributed by atoms with Crippen LogP contribution in [0.2, 0.25) is 0 Å². The molecule has 0 atom stereocenters. The smallest absolute Gasteiger partial charge is 0.163 e. The van der Waals surface area contributed by atoms with Gasteiger partial charge < -0.3 is 10.5 Å². The highest BCUT2D eigenvalue weighted by atomic mass is 35.5. The molecule has 0 aliphatic rings. The second-order valence-electron chi connectivity index (χ2n) is 3.56. The highest BCUT2D eigenvalue weighted by Crippen LogP contribution is 2.22. The molecule has 2 N–H and O–H groups in total. The van der Waals surface area contributed by atoms with Gasteiger partial charge in [-0.15, -0.1) is 0 Å². The van der Waals surface area contributed by atoms with Crippen LogP contribution < -0.4 is 10.5 Å². The summed E-state index contributed by atoms with van der Waals surface area (Å²) in [4.78, 5) is 11.4. The number of nitrogen functional groups attached to an aromatic ring is 1. The summed E-state index contributed by atoms with van der Waals surface area (Å²) in [5.41, 5.74) is 8.97. The van der Waals surface area contributed by atoms with Crippen LogP contribution in [0.3, 0.4) is 0 Å². The van der Waals surface area contributed by atoms with Gasteiger partial charge in [0.1, 0.15) is 12.4 Å². The summed E-state index contributed by atoms with van der Waals surface area (Å²) >= 11 is 5.52. The minimum Gasteiger partial charge on any atom is -0.488 e. The Kier molecular flexibility index (Phi) is 4.38. The van der Waals surface area contributed by atoms with Gasteiger partial charge in [0.25, 0.3) is 0 Å². The summed E-state index contributed by atoms with van der Waals surface area (Å²) in [6.45, 7) is 3.68. The summed E-state index contributed by atoms with van der Waals surface area (Å²) in [6.07, 6.45) is 0. The SMILES string of the molecule is CC(=O)c1cc(N)ccc1OC/C(C)=C/Cl. The van der Waals surface area contributed by atoms with Crippen molar-refractivity contribution in [1.29, 1.82) is 0 Å². The van der Waals surface area contributed by atoms with Gasteiger partial charge in [0.15, 0.2) is 5.78 Å². The fourth-order valence-electron chi connectivity index (χ4n) is 1.17. The second-order valence-corrected chi connectivity index (χ2v) is 3.77. The Balaban J connectivity index is 2.91. The number of carbonyl (C=O) groups excluding carboxylic acids is 1. The third-order valence-electron chi connectivity index (χ3n) is 2.02. The van der Waals surface area contributed by atoms with Crippen LogP contribution in [0.1, 0.15) is 24.2 Å². The van der Waals surface area contributed by atoms with Gasteiger partial charge in [0, 0.05) is 11.2 Å². The molecule has 0 bridgehead atoms. The molecule has 0 spiro atoms. The zero-order valence-corrected chi connectivity index (χ0v) is 10.0. The lowest BCUT2D eigenvalue weighted by molar-refractivity contribution is 0.101. The molecule has 1 aromatic rings. The number of hydrogen-bond acceptors (Lipinski definition) is 3. The number of rotatable bonds is 4. The molecule has 0 aliphatic heterocycles. The maximum absolute atomic E-state index is 11.4. The number of ketones is 1. The minimum absolute atomic E-state index is 0.0743. The van der Waals surface area contributed by atoms with Gasteiger partial charge in [-0.25, -0.2) is 0 Å². The first-order valence-electron chi connectivity index (χ1n) is 4.83. The predicted molar refractivity (Wildman–Crippen MR) is 66.0 cm³/mol. The molecule has 0 saturated carbocycles. The van der Waals surface area contributed by atoms with Crippen molar-refractivity contribution in [2.24, 2.45) is 0 Å². The number of nitrogens with two attached hydrogens (primary N) is 1. The van der Waals surface area contributed by atoms with Crippen molar-refractivity contribution in [2.45, 2.75) is 13.8 Å². The van der Waals surface area contributed by atoms with E-state index in [0.29, 0.717) is 23.6 Å². The molecule has 1 aromatic carbocycles. The van der Waals surface area contributed by atoms with Gasteiger partial charge in [-0.05, 0) is 37.6 Å². The van der Waals surface area contributed by atoms with E-state index in [0.717, 1.165) is 5.57 Å². The molecule has 3 nitrogen and oxygen atoms in total. The van der Waals surface area contributed by atoms with Gasteiger partial charge in [0.05, 0.1) is 5.56 Å². The lowest BCUT2D eigenvalue weighted by Gasteiger charge is -2.10. The lowest BCUT2D eigenvalue weighted by atomic mass is 10.1. The van der Waals surface area contributed by atoms with E-state index in [1.54, 1.807) is 18.2 Å². The standard InChI is InChI=1S/C12H14ClNO2/c1-8(6-13)7-16-12-4-3-10(14)5-11(12)9(2)15/h3-6H,7,14H2,1-2H3/b8-6+. The number of ether oxygens (including phenoxy) is 1. The summed E-state index contributed by atoms with van der Waals surface area (Å²) < 4.78 is 5.48. The Morgan fingerprint density at radius 1 is 1.50 bits per heavy atom. The zero-order valence-electron chi connectivity index (χ0n) is 9.29. The van der Waals surface area contributed by atoms with E-state index in [-0.39, 0.29) is 5.78 Å². The molecular weight excluding hydrogens is 226 g/mol. The molecule has 4 heteroatoms. The summed E-state index contributed by atoms with van der Waals surface area (Å²) in [5.74, 6) is 0.453. The highest BCUT2D eigenvalue weighted by molar-refractivity contribution is 6.25. The van der Waals surface area contributed by atoms with E-state index in [1.807, 2.05) is 6.92 Å². The van der Waals surface area contributed by atoms with Crippen LogP contribution in [0.15, 0.2) is 29.3 Å². The molecule has 86 valence electrons. The van der Waals surface area contributed by atoms with Crippen LogP contribution in [-0.4, -0.2) is 12.4 Å². The molecule has 0 amide bonds. The molecule has 16 heavy (non-hydrogen) atoms. The maximum Gasteiger partial charge on any atom is 0.163 e. The quantitative estimate of drug-likeness (QED) is 0.649. The monoisotopic (exact) mass is 239 g/mol. The fraction of sp³-hybridized carbons (Fsp3) is 0.250. The van der Waals surface area contributed by atoms with E-state index < -0.39 is 0 Å². The van der Waals surface area contributed by atoms with Crippen molar-refractivity contribution in [2.75, 3.05) is 12.3 Å². The summed E-state index contributed by atoms with van der Waals surface area (Å²) in [6, 6.07) is 4.99. The van der Waals surface area contributed by atoms with E-state index in [9.17, 15) is 4.79 Å². The Bertz CT molecular complexity index is 427. The first kappa shape index (κ1) is 12.6. The minimum atomic E-state index is -0.0743. The van der Waals surface area contributed by atoms with Gasteiger partial charge in [0.2, 0.25) is 0 Å². The van der Waals surface area contributed by atoms with E-state index in [4.69, 9.17) is 22.1 Å².